The van der Waals surface area contributed by atoms with Crippen molar-refractivity contribution in [3.63, 3.8) is 0 Å². The molecule has 0 aliphatic heterocycles. The van der Waals surface area contributed by atoms with Gasteiger partial charge in [0.1, 0.15) is 6.54 Å². The smallest absolute Gasteiger partial charge is 0.318 e. The van der Waals surface area contributed by atoms with E-state index in [4.69, 9.17) is 10.8 Å². The number of likely N-dealkylation sites (N-methyl/N-ethyl adjacent to an activating group) is 1. The topological polar surface area (TPSA) is 113 Å². The number of carbonyl (C=O) groups is 3. The van der Waals surface area contributed by atoms with Crippen LogP contribution in [0, 0.1) is 0 Å². The molecule has 0 radical (unpaired) electrons. The third-order valence-electron chi connectivity index (χ3n) is 2.40. The number of hydrogen-bond acceptors (Lipinski definition) is 3. The van der Waals surface area contributed by atoms with E-state index < -0.39 is 23.9 Å². The van der Waals surface area contributed by atoms with Crippen LogP contribution in [0.1, 0.15) is 33.1 Å². The van der Waals surface area contributed by atoms with Gasteiger partial charge in [0, 0.05) is 12.6 Å². The van der Waals surface area contributed by atoms with Gasteiger partial charge in [0.25, 0.3) is 0 Å². The predicted molar refractivity (Wildman–Crippen MR) is 65.9 cm³/mol. The third-order valence-corrected chi connectivity index (χ3v) is 2.40. The SMILES string of the molecule is CCCC(CC(=O)O)NC(=O)N(CC)CC(N)=O. The fourth-order valence-electron chi connectivity index (χ4n) is 1.57. The second-order valence-electron chi connectivity index (χ2n) is 4.01. The van der Waals surface area contributed by atoms with Crippen LogP contribution in [-0.4, -0.2) is 47.0 Å². The second kappa shape index (κ2) is 8.32. The molecule has 0 bridgehead atoms. The van der Waals surface area contributed by atoms with Crippen molar-refractivity contribution in [2.75, 3.05) is 13.1 Å². The highest BCUT2D eigenvalue weighted by Gasteiger charge is 2.19. The lowest BCUT2D eigenvalue weighted by Gasteiger charge is -2.23. The van der Waals surface area contributed by atoms with Gasteiger partial charge in [-0.2, -0.15) is 0 Å². The Morgan fingerprint density at radius 3 is 2.33 bits per heavy atom. The Bertz CT molecular complexity index is 307. The summed E-state index contributed by atoms with van der Waals surface area (Å²) in [5.41, 5.74) is 5.02. The number of urea groups is 1. The van der Waals surface area contributed by atoms with Gasteiger partial charge < -0.3 is 21.1 Å². The van der Waals surface area contributed by atoms with E-state index in [-0.39, 0.29) is 13.0 Å². The van der Waals surface area contributed by atoms with Crippen molar-refractivity contribution in [3.8, 4) is 0 Å². The monoisotopic (exact) mass is 259 g/mol. The molecule has 1 unspecified atom stereocenters. The van der Waals surface area contributed by atoms with Gasteiger partial charge in [0.15, 0.2) is 0 Å². The molecule has 0 aromatic heterocycles. The number of aliphatic carboxylic acids is 1. The molecular weight excluding hydrogens is 238 g/mol. The van der Waals surface area contributed by atoms with Gasteiger partial charge in [0.05, 0.1) is 6.42 Å². The summed E-state index contributed by atoms with van der Waals surface area (Å²) in [6.45, 7) is 3.78. The Kier molecular flexibility index (Phi) is 7.50. The molecule has 3 amide bonds. The molecule has 0 aliphatic carbocycles. The van der Waals surface area contributed by atoms with E-state index in [0.717, 1.165) is 6.42 Å². The van der Waals surface area contributed by atoms with Crippen LogP contribution in [0.5, 0.6) is 0 Å². The Morgan fingerprint density at radius 1 is 1.33 bits per heavy atom. The average molecular weight is 259 g/mol. The number of nitrogens with one attached hydrogen (secondary N) is 1. The van der Waals surface area contributed by atoms with Crippen LogP contribution in [0.3, 0.4) is 0 Å². The molecule has 0 rings (SSSR count). The number of hydrogen-bond donors (Lipinski definition) is 3. The van der Waals surface area contributed by atoms with E-state index in [1.165, 1.54) is 4.90 Å². The minimum atomic E-state index is -0.966. The van der Waals surface area contributed by atoms with E-state index in [0.29, 0.717) is 13.0 Å². The first kappa shape index (κ1) is 16.2. The summed E-state index contributed by atoms with van der Waals surface area (Å²) in [7, 11) is 0. The minimum Gasteiger partial charge on any atom is -0.481 e. The normalized spacial score (nSPS) is 11.7. The van der Waals surface area contributed by atoms with E-state index >= 15 is 0 Å². The largest absolute Gasteiger partial charge is 0.481 e. The zero-order valence-corrected chi connectivity index (χ0v) is 10.8. The molecule has 0 aliphatic rings. The molecule has 104 valence electrons. The first-order valence-electron chi connectivity index (χ1n) is 5.96. The van der Waals surface area contributed by atoms with E-state index in [1.54, 1.807) is 6.92 Å². The van der Waals surface area contributed by atoms with Crippen LogP contribution in [0.2, 0.25) is 0 Å². The number of amides is 3. The van der Waals surface area contributed by atoms with Crippen molar-refractivity contribution < 1.29 is 19.5 Å². The maximum absolute atomic E-state index is 11.8. The molecule has 4 N–H and O–H groups in total. The summed E-state index contributed by atoms with van der Waals surface area (Å²) in [6, 6.07) is -0.891. The lowest BCUT2D eigenvalue weighted by atomic mass is 10.1. The molecule has 7 nitrogen and oxygen atoms in total. The number of primary amides is 1. The standard InChI is InChI=1S/C11H21N3O4/c1-3-5-8(6-10(16)17)13-11(18)14(4-2)7-9(12)15/h8H,3-7H2,1-2H3,(H2,12,15)(H,13,18)(H,16,17). The fraction of sp³-hybridized carbons (Fsp3) is 0.727. The van der Waals surface area contributed by atoms with Crippen LogP contribution in [0.15, 0.2) is 0 Å². The highest BCUT2D eigenvalue weighted by molar-refractivity contribution is 5.83. The summed E-state index contributed by atoms with van der Waals surface area (Å²) in [6.07, 6.45) is 1.21. The average Bonchev–Trinajstić information content (AvgIpc) is 2.24. The van der Waals surface area contributed by atoms with Crippen molar-refractivity contribution in [3.05, 3.63) is 0 Å². The van der Waals surface area contributed by atoms with Gasteiger partial charge in [-0.15, -0.1) is 0 Å². The van der Waals surface area contributed by atoms with E-state index in [1.807, 2.05) is 6.92 Å². The number of carbonyl (C=O) groups excluding carboxylic acids is 2. The molecule has 0 saturated carbocycles. The van der Waals surface area contributed by atoms with Gasteiger partial charge in [0.2, 0.25) is 5.91 Å². The van der Waals surface area contributed by atoms with Crippen molar-refractivity contribution in [2.24, 2.45) is 5.73 Å². The first-order chi connectivity index (χ1) is 8.40. The molecular formula is C11H21N3O4. The maximum Gasteiger partial charge on any atom is 0.318 e. The quantitative estimate of drug-likeness (QED) is 0.575. The molecule has 7 heteroatoms. The highest BCUT2D eigenvalue weighted by atomic mass is 16.4. The number of rotatable bonds is 8. The molecule has 0 saturated heterocycles. The summed E-state index contributed by atoms with van der Waals surface area (Å²) in [5.74, 6) is -1.57. The Morgan fingerprint density at radius 2 is 1.94 bits per heavy atom. The number of carboxylic acids is 1. The fourth-order valence-corrected chi connectivity index (χ4v) is 1.57. The van der Waals surface area contributed by atoms with Gasteiger partial charge in [-0.25, -0.2) is 4.79 Å². The Hall–Kier alpha value is -1.79. The van der Waals surface area contributed by atoms with Crippen molar-refractivity contribution in [1.29, 1.82) is 0 Å². The van der Waals surface area contributed by atoms with E-state index in [9.17, 15) is 14.4 Å². The Balaban J connectivity index is 4.45. The molecule has 0 heterocycles. The molecule has 18 heavy (non-hydrogen) atoms. The van der Waals surface area contributed by atoms with Crippen molar-refractivity contribution in [1.82, 2.24) is 10.2 Å². The maximum atomic E-state index is 11.8. The molecule has 0 aromatic carbocycles. The molecule has 0 fully saturated rings. The van der Waals surface area contributed by atoms with E-state index in [2.05, 4.69) is 5.32 Å². The van der Waals surface area contributed by atoms with Gasteiger partial charge in [-0.05, 0) is 13.3 Å². The lowest BCUT2D eigenvalue weighted by Crippen LogP contribution is -2.48. The Labute approximate surface area is 106 Å². The molecule has 1 atom stereocenters. The van der Waals surface area contributed by atoms with Gasteiger partial charge >= 0.3 is 12.0 Å². The highest BCUT2D eigenvalue weighted by Crippen LogP contribution is 2.03. The summed E-state index contributed by atoms with van der Waals surface area (Å²) < 4.78 is 0. The second-order valence-corrected chi connectivity index (χ2v) is 4.01. The van der Waals surface area contributed by atoms with Crippen molar-refractivity contribution in [2.45, 2.75) is 39.2 Å². The predicted octanol–water partition coefficient (Wildman–Crippen LogP) is 0.147. The number of nitrogens with zero attached hydrogens (tertiary/aromatic N) is 1. The third kappa shape index (κ3) is 6.72. The first-order valence-corrected chi connectivity index (χ1v) is 5.96. The van der Waals surface area contributed by atoms with Crippen LogP contribution >= 0.6 is 0 Å². The summed E-state index contributed by atoms with van der Waals surface area (Å²) in [5, 5.41) is 11.3. The van der Waals surface area contributed by atoms with Crippen LogP contribution in [-0.2, 0) is 9.59 Å². The minimum absolute atomic E-state index is 0.131. The van der Waals surface area contributed by atoms with Crippen LogP contribution < -0.4 is 11.1 Å². The van der Waals surface area contributed by atoms with Crippen LogP contribution in [0.4, 0.5) is 4.79 Å². The lowest BCUT2D eigenvalue weighted by molar-refractivity contribution is -0.137. The zero-order chi connectivity index (χ0) is 14.1. The van der Waals surface area contributed by atoms with Gasteiger partial charge in [-0.1, -0.05) is 13.3 Å². The number of nitrogens with two attached hydrogens (primary N) is 1. The molecule has 0 spiro atoms. The number of carboxylic acid groups (broad SMARTS) is 1. The van der Waals surface area contributed by atoms with Crippen molar-refractivity contribution >= 4 is 17.9 Å². The summed E-state index contributed by atoms with van der Waals surface area (Å²) in [4.78, 5) is 34.4. The zero-order valence-electron chi connectivity index (χ0n) is 10.8. The van der Waals surface area contributed by atoms with Gasteiger partial charge in [-0.3, -0.25) is 9.59 Å². The van der Waals surface area contributed by atoms with Crippen LogP contribution in [0.25, 0.3) is 0 Å². The summed E-state index contributed by atoms with van der Waals surface area (Å²) >= 11 is 0. The molecule has 0 aromatic rings.